The molecule has 5 heteroatoms. The Hall–Kier alpha value is -3.60. The summed E-state index contributed by atoms with van der Waals surface area (Å²) in [6.07, 6.45) is 0.695. The molecule has 152 valence electrons. The number of rotatable bonds is 4. The van der Waals surface area contributed by atoms with E-state index in [-0.39, 0.29) is 17.6 Å². The van der Waals surface area contributed by atoms with E-state index in [0.29, 0.717) is 43.7 Å². The Labute approximate surface area is 176 Å². The lowest BCUT2D eigenvalue weighted by Gasteiger charge is -2.35. The molecule has 1 saturated heterocycles. The van der Waals surface area contributed by atoms with Gasteiger partial charge in [-0.05, 0) is 41.8 Å². The van der Waals surface area contributed by atoms with E-state index in [0.717, 1.165) is 11.1 Å². The van der Waals surface area contributed by atoms with E-state index >= 15 is 0 Å². The zero-order valence-electron chi connectivity index (χ0n) is 16.7. The molecule has 2 amide bonds. The van der Waals surface area contributed by atoms with Crippen LogP contribution in [0.5, 0.6) is 5.75 Å². The van der Waals surface area contributed by atoms with Crippen LogP contribution in [0.2, 0.25) is 0 Å². The van der Waals surface area contributed by atoms with Crippen LogP contribution in [0.1, 0.15) is 31.8 Å². The highest BCUT2D eigenvalue weighted by Gasteiger charge is 2.26. The number of phenolic OH excluding ortho intramolecular Hbond substituents is 1. The summed E-state index contributed by atoms with van der Waals surface area (Å²) < 4.78 is 0. The highest BCUT2D eigenvalue weighted by Crippen LogP contribution is 2.23. The molecule has 1 aliphatic rings. The molecule has 3 aromatic rings. The molecule has 0 aliphatic carbocycles. The molecule has 30 heavy (non-hydrogen) atoms. The van der Waals surface area contributed by atoms with Gasteiger partial charge in [-0.1, -0.05) is 54.6 Å². The molecule has 0 saturated carbocycles. The van der Waals surface area contributed by atoms with Crippen molar-refractivity contribution in [3.05, 3.63) is 101 Å². The van der Waals surface area contributed by atoms with E-state index in [4.69, 9.17) is 0 Å². The summed E-state index contributed by atoms with van der Waals surface area (Å²) in [6.45, 7) is 1.84. The minimum atomic E-state index is -0.200. The summed E-state index contributed by atoms with van der Waals surface area (Å²) in [6, 6.07) is 24.4. The lowest BCUT2D eigenvalue weighted by atomic mass is 10.0. The molecule has 1 aliphatic heterocycles. The summed E-state index contributed by atoms with van der Waals surface area (Å²) in [5, 5.41) is 10.3. The summed E-state index contributed by atoms with van der Waals surface area (Å²) in [5.74, 6) is -0.232. The first-order valence-electron chi connectivity index (χ1n) is 10.1. The lowest BCUT2D eigenvalue weighted by molar-refractivity contribution is 0.0533. The van der Waals surface area contributed by atoms with E-state index in [2.05, 4.69) is 0 Å². The largest absolute Gasteiger partial charge is 0.507 e. The van der Waals surface area contributed by atoms with Crippen molar-refractivity contribution in [3.63, 3.8) is 0 Å². The van der Waals surface area contributed by atoms with Crippen LogP contribution in [0.4, 0.5) is 0 Å². The van der Waals surface area contributed by atoms with Crippen molar-refractivity contribution in [1.29, 1.82) is 0 Å². The Bertz CT molecular complexity index is 1030. The fourth-order valence-corrected chi connectivity index (χ4v) is 3.74. The minimum absolute atomic E-state index is 0.0143. The van der Waals surface area contributed by atoms with Gasteiger partial charge in [0.1, 0.15) is 5.75 Å². The van der Waals surface area contributed by atoms with Crippen molar-refractivity contribution >= 4 is 11.8 Å². The van der Waals surface area contributed by atoms with Crippen LogP contribution in [0.3, 0.4) is 0 Å². The number of amides is 2. The highest BCUT2D eigenvalue weighted by atomic mass is 16.3. The third kappa shape index (κ3) is 4.35. The number of hydrogen-bond donors (Lipinski definition) is 1. The Morgan fingerprint density at radius 3 is 1.90 bits per heavy atom. The average Bonchev–Trinajstić information content (AvgIpc) is 2.81. The predicted molar refractivity (Wildman–Crippen MR) is 116 cm³/mol. The maximum atomic E-state index is 13.0. The molecular weight excluding hydrogens is 376 g/mol. The molecule has 5 nitrogen and oxygen atoms in total. The van der Waals surface area contributed by atoms with Gasteiger partial charge in [0, 0.05) is 31.7 Å². The Morgan fingerprint density at radius 1 is 0.700 bits per heavy atom. The summed E-state index contributed by atoms with van der Waals surface area (Å²) in [5.41, 5.74) is 3.09. The number of piperazine rings is 1. The van der Waals surface area contributed by atoms with Crippen molar-refractivity contribution in [3.8, 4) is 5.75 Å². The van der Waals surface area contributed by atoms with Crippen molar-refractivity contribution in [2.75, 3.05) is 26.2 Å². The second-order valence-electron chi connectivity index (χ2n) is 7.46. The normalized spacial score (nSPS) is 13.9. The summed E-state index contributed by atoms with van der Waals surface area (Å²) in [4.78, 5) is 29.1. The number of nitrogens with zero attached hydrogens (tertiary/aromatic N) is 2. The molecule has 3 aromatic carbocycles. The average molecular weight is 400 g/mol. The molecule has 1 fully saturated rings. The molecule has 1 heterocycles. The van der Waals surface area contributed by atoms with Gasteiger partial charge in [-0.25, -0.2) is 0 Å². The smallest absolute Gasteiger partial charge is 0.257 e. The zero-order valence-corrected chi connectivity index (χ0v) is 16.7. The van der Waals surface area contributed by atoms with E-state index in [1.807, 2.05) is 54.6 Å². The van der Waals surface area contributed by atoms with Crippen molar-refractivity contribution in [2.45, 2.75) is 6.42 Å². The quantitative estimate of drug-likeness (QED) is 0.728. The molecule has 1 N–H and O–H groups in total. The third-order valence-corrected chi connectivity index (χ3v) is 5.42. The second-order valence-corrected chi connectivity index (χ2v) is 7.46. The summed E-state index contributed by atoms with van der Waals surface area (Å²) in [7, 11) is 0. The van der Waals surface area contributed by atoms with E-state index in [1.54, 1.807) is 34.1 Å². The maximum absolute atomic E-state index is 13.0. The van der Waals surface area contributed by atoms with Crippen LogP contribution in [0.25, 0.3) is 0 Å². The summed E-state index contributed by atoms with van der Waals surface area (Å²) >= 11 is 0. The number of hydrogen-bond acceptors (Lipinski definition) is 3. The SMILES string of the molecule is O=C(c1ccccc1)N1CCN(C(=O)c2cc(Cc3ccccc3)ccc2O)CC1. The number of carbonyl (C=O) groups excluding carboxylic acids is 2. The van der Waals surface area contributed by atoms with Crippen LogP contribution < -0.4 is 0 Å². The first-order chi connectivity index (χ1) is 14.6. The Balaban J connectivity index is 1.43. The van der Waals surface area contributed by atoms with Crippen LogP contribution in [-0.2, 0) is 6.42 Å². The topological polar surface area (TPSA) is 60.9 Å². The lowest BCUT2D eigenvalue weighted by Crippen LogP contribution is -2.50. The minimum Gasteiger partial charge on any atom is -0.507 e. The first kappa shape index (κ1) is 19.7. The predicted octanol–water partition coefficient (Wildman–Crippen LogP) is 3.58. The number of aromatic hydroxyl groups is 1. The van der Waals surface area contributed by atoms with E-state index < -0.39 is 0 Å². The molecule has 0 spiro atoms. The van der Waals surface area contributed by atoms with Crippen LogP contribution in [-0.4, -0.2) is 52.9 Å². The molecule has 0 bridgehead atoms. The van der Waals surface area contributed by atoms with Crippen molar-refractivity contribution < 1.29 is 14.7 Å². The van der Waals surface area contributed by atoms with Crippen LogP contribution in [0.15, 0.2) is 78.9 Å². The molecule has 4 rings (SSSR count). The standard InChI is InChI=1S/C25H24N2O3/c28-23-12-11-20(17-19-7-3-1-4-8-19)18-22(23)25(30)27-15-13-26(14-16-27)24(29)21-9-5-2-6-10-21/h1-12,18,28H,13-17H2. The van der Waals surface area contributed by atoms with Gasteiger partial charge in [-0.15, -0.1) is 0 Å². The van der Waals surface area contributed by atoms with Crippen LogP contribution in [0, 0.1) is 0 Å². The number of carbonyl (C=O) groups is 2. The van der Waals surface area contributed by atoms with Gasteiger partial charge in [0.25, 0.3) is 11.8 Å². The van der Waals surface area contributed by atoms with Gasteiger partial charge in [-0.3, -0.25) is 9.59 Å². The fraction of sp³-hybridized carbons (Fsp3) is 0.200. The van der Waals surface area contributed by atoms with Gasteiger partial charge in [0.2, 0.25) is 0 Å². The monoisotopic (exact) mass is 400 g/mol. The Kier molecular flexibility index (Phi) is 5.80. The maximum Gasteiger partial charge on any atom is 0.257 e. The second kappa shape index (κ2) is 8.82. The zero-order chi connectivity index (χ0) is 20.9. The molecule has 0 unspecified atom stereocenters. The van der Waals surface area contributed by atoms with Gasteiger partial charge < -0.3 is 14.9 Å². The highest BCUT2D eigenvalue weighted by molar-refractivity contribution is 5.97. The third-order valence-electron chi connectivity index (χ3n) is 5.42. The van der Waals surface area contributed by atoms with E-state index in [1.165, 1.54) is 0 Å². The van der Waals surface area contributed by atoms with Gasteiger partial charge in [0.15, 0.2) is 0 Å². The van der Waals surface area contributed by atoms with Gasteiger partial charge in [0.05, 0.1) is 5.56 Å². The number of benzene rings is 3. The van der Waals surface area contributed by atoms with Crippen LogP contribution >= 0.6 is 0 Å². The number of phenols is 1. The molecular formula is C25H24N2O3. The first-order valence-corrected chi connectivity index (χ1v) is 10.1. The van der Waals surface area contributed by atoms with Gasteiger partial charge in [-0.2, -0.15) is 0 Å². The molecule has 0 atom stereocenters. The molecule has 0 aromatic heterocycles. The van der Waals surface area contributed by atoms with Crippen molar-refractivity contribution in [2.24, 2.45) is 0 Å². The molecule has 0 radical (unpaired) electrons. The Morgan fingerprint density at radius 2 is 1.27 bits per heavy atom. The van der Waals surface area contributed by atoms with E-state index in [9.17, 15) is 14.7 Å². The fourth-order valence-electron chi connectivity index (χ4n) is 3.74. The van der Waals surface area contributed by atoms with Crippen molar-refractivity contribution in [1.82, 2.24) is 9.80 Å². The van der Waals surface area contributed by atoms with Gasteiger partial charge >= 0.3 is 0 Å².